The highest BCUT2D eigenvalue weighted by Gasteiger charge is 2.19. The normalized spacial score (nSPS) is 11.7. The van der Waals surface area contributed by atoms with E-state index in [9.17, 15) is 10.5 Å². The van der Waals surface area contributed by atoms with Crippen molar-refractivity contribution in [2.24, 2.45) is 0 Å². The fourth-order valence-electron chi connectivity index (χ4n) is 6.54. The molecule has 6 nitrogen and oxygen atoms in total. The number of pyridine rings is 1. The maximum absolute atomic E-state index is 9.67. The zero-order valence-electron chi connectivity index (χ0n) is 22.6. The zero-order chi connectivity index (χ0) is 28.7. The van der Waals surface area contributed by atoms with Crippen molar-refractivity contribution in [1.82, 2.24) is 14.1 Å². The molecule has 0 bridgehead atoms. The highest BCUT2D eigenvalue weighted by atomic mass is 16.3. The van der Waals surface area contributed by atoms with Crippen molar-refractivity contribution in [3.8, 4) is 23.8 Å². The third-order valence-corrected chi connectivity index (χ3v) is 8.39. The molecule has 0 amide bonds. The van der Waals surface area contributed by atoms with Gasteiger partial charge in [-0.3, -0.25) is 9.13 Å². The van der Waals surface area contributed by atoms with Crippen LogP contribution in [-0.2, 0) is 0 Å². The Labute approximate surface area is 244 Å². The van der Waals surface area contributed by atoms with Crippen LogP contribution in [0.25, 0.3) is 77.2 Å². The quantitative estimate of drug-likeness (QED) is 0.215. The Hall–Kier alpha value is -6.37. The number of furan rings is 1. The van der Waals surface area contributed by atoms with E-state index in [1.807, 2.05) is 72.8 Å². The number of nitrogens with zero attached hydrogens (tertiary/aromatic N) is 5. The lowest BCUT2D eigenvalue weighted by atomic mass is 10.1. The summed E-state index contributed by atoms with van der Waals surface area (Å²) in [6, 6.07) is 42.9. The second-order valence-electron chi connectivity index (χ2n) is 10.7. The summed E-state index contributed by atoms with van der Waals surface area (Å²) in [6.07, 6.45) is 0. The van der Waals surface area contributed by atoms with Gasteiger partial charge in [0.2, 0.25) is 0 Å². The maximum Gasteiger partial charge on any atom is 0.153 e. The molecule has 43 heavy (non-hydrogen) atoms. The monoisotopic (exact) mass is 549 g/mol. The third kappa shape index (κ3) is 3.18. The number of rotatable bonds is 2. The Morgan fingerprint density at radius 2 is 1.14 bits per heavy atom. The van der Waals surface area contributed by atoms with Crippen LogP contribution >= 0.6 is 0 Å². The number of nitriles is 2. The summed E-state index contributed by atoms with van der Waals surface area (Å²) in [5, 5.41) is 25.3. The maximum atomic E-state index is 9.67. The van der Waals surface area contributed by atoms with E-state index < -0.39 is 0 Å². The summed E-state index contributed by atoms with van der Waals surface area (Å²) in [5.41, 5.74) is 6.57. The molecule has 0 saturated heterocycles. The number of hydrogen-bond acceptors (Lipinski definition) is 4. The van der Waals surface area contributed by atoms with Gasteiger partial charge in [-0.15, -0.1) is 0 Å². The fourth-order valence-corrected chi connectivity index (χ4v) is 6.54. The Kier molecular flexibility index (Phi) is 4.65. The first kappa shape index (κ1) is 23.3. The molecule has 0 aliphatic carbocycles. The molecule has 4 heterocycles. The summed E-state index contributed by atoms with van der Waals surface area (Å²) >= 11 is 0. The van der Waals surface area contributed by atoms with Crippen molar-refractivity contribution in [3.63, 3.8) is 0 Å². The molecule has 0 aliphatic heterocycles. The van der Waals surface area contributed by atoms with Crippen LogP contribution in [-0.4, -0.2) is 14.1 Å². The molecule has 0 atom stereocenters. The average Bonchev–Trinajstić information content (AvgIpc) is 3.70. The Morgan fingerprint density at radius 1 is 0.512 bits per heavy atom. The summed E-state index contributed by atoms with van der Waals surface area (Å²) in [6.45, 7) is 0. The zero-order valence-corrected chi connectivity index (χ0v) is 22.6. The van der Waals surface area contributed by atoms with Gasteiger partial charge in [0.05, 0.1) is 39.3 Å². The van der Waals surface area contributed by atoms with E-state index in [1.54, 1.807) is 6.07 Å². The van der Waals surface area contributed by atoms with Gasteiger partial charge in [-0.2, -0.15) is 10.5 Å². The molecule has 0 fully saturated rings. The lowest BCUT2D eigenvalue weighted by Gasteiger charge is -2.11. The van der Waals surface area contributed by atoms with Crippen molar-refractivity contribution in [1.29, 1.82) is 10.5 Å². The van der Waals surface area contributed by atoms with Crippen molar-refractivity contribution in [3.05, 3.63) is 126 Å². The van der Waals surface area contributed by atoms with E-state index in [4.69, 9.17) is 9.40 Å². The van der Waals surface area contributed by atoms with E-state index in [1.165, 1.54) is 0 Å². The van der Waals surface area contributed by atoms with Crippen LogP contribution in [0.2, 0.25) is 0 Å². The van der Waals surface area contributed by atoms with Crippen molar-refractivity contribution in [2.45, 2.75) is 0 Å². The highest BCUT2D eigenvalue weighted by Crippen LogP contribution is 2.39. The van der Waals surface area contributed by atoms with Crippen LogP contribution in [0.4, 0.5) is 0 Å². The SMILES string of the molecule is N#Cc1ccc2c(c1)c1ccccc1n2-c1cccc(-n2c3ccccc3c3cc4oc5c(C#N)cccc5c4cc32)n1. The van der Waals surface area contributed by atoms with Gasteiger partial charge in [-0.25, -0.2) is 4.98 Å². The largest absolute Gasteiger partial charge is 0.455 e. The van der Waals surface area contributed by atoms with Crippen LogP contribution in [0.15, 0.2) is 120 Å². The van der Waals surface area contributed by atoms with Gasteiger partial charge < -0.3 is 4.42 Å². The molecule has 0 spiro atoms. The van der Waals surface area contributed by atoms with Gasteiger partial charge in [0, 0.05) is 32.3 Å². The molecule has 0 saturated carbocycles. The lowest BCUT2D eigenvalue weighted by Crippen LogP contribution is -2.03. The number of hydrogen-bond donors (Lipinski definition) is 0. The van der Waals surface area contributed by atoms with E-state index in [0.29, 0.717) is 16.7 Å². The average molecular weight is 550 g/mol. The minimum Gasteiger partial charge on any atom is -0.455 e. The summed E-state index contributed by atoms with van der Waals surface area (Å²) in [4.78, 5) is 5.25. The first-order valence-corrected chi connectivity index (χ1v) is 13.9. The molecule has 0 N–H and O–H groups in total. The Bertz CT molecular complexity index is 2710. The van der Waals surface area contributed by atoms with Gasteiger partial charge in [0.25, 0.3) is 0 Å². The van der Waals surface area contributed by atoms with Gasteiger partial charge >= 0.3 is 0 Å². The molecule has 6 heteroatoms. The molecule has 9 aromatic rings. The number of benzene rings is 5. The van der Waals surface area contributed by atoms with Crippen LogP contribution in [0.3, 0.4) is 0 Å². The van der Waals surface area contributed by atoms with Crippen LogP contribution in [0.5, 0.6) is 0 Å². The number of aromatic nitrogens is 3. The van der Waals surface area contributed by atoms with Gasteiger partial charge in [-0.1, -0.05) is 54.6 Å². The topological polar surface area (TPSA) is 83.5 Å². The molecule has 5 aromatic carbocycles. The minimum atomic E-state index is 0.522. The van der Waals surface area contributed by atoms with Gasteiger partial charge in [0.1, 0.15) is 23.3 Å². The predicted octanol–water partition coefficient (Wildman–Crippen LogP) is 8.92. The summed E-state index contributed by atoms with van der Waals surface area (Å²) in [7, 11) is 0. The summed E-state index contributed by atoms with van der Waals surface area (Å²) in [5.74, 6) is 1.57. The lowest BCUT2D eigenvalue weighted by molar-refractivity contribution is 0.668. The Morgan fingerprint density at radius 3 is 1.86 bits per heavy atom. The number of para-hydroxylation sites is 3. The molecule has 9 rings (SSSR count). The van der Waals surface area contributed by atoms with Crippen LogP contribution in [0, 0.1) is 22.7 Å². The molecule has 198 valence electrons. The van der Waals surface area contributed by atoms with E-state index in [-0.39, 0.29) is 0 Å². The molecule has 0 aliphatic rings. The predicted molar refractivity (Wildman–Crippen MR) is 170 cm³/mol. The van der Waals surface area contributed by atoms with Crippen LogP contribution in [0.1, 0.15) is 11.1 Å². The van der Waals surface area contributed by atoms with E-state index in [0.717, 1.165) is 71.6 Å². The fraction of sp³-hybridized carbons (Fsp3) is 0. The standard InChI is InChI=1S/C37H19N5O/c38-20-22-15-16-32-27(17-22)24-8-1-3-11-30(24)41(32)35-13-6-14-36(40-35)42-31-12-4-2-9-25(31)28-19-34-29(18-33(28)42)26-10-5-7-23(21-39)37(26)43-34/h1-19H. The van der Waals surface area contributed by atoms with Gasteiger partial charge in [-0.05, 0) is 60.7 Å². The molecular formula is C37H19N5O. The smallest absolute Gasteiger partial charge is 0.153 e. The minimum absolute atomic E-state index is 0.522. The first-order valence-electron chi connectivity index (χ1n) is 13.9. The first-order chi connectivity index (χ1) is 21.2. The van der Waals surface area contributed by atoms with E-state index >= 15 is 0 Å². The molecule has 4 aromatic heterocycles. The van der Waals surface area contributed by atoms with E-state index in [2.05, 4.69) is 57.7 Å². The molecule has 0 unspecified atom stereocenters. The summed E-state index contributed by atoms with van der Waals surface area (Å²) < 4.78 is 10.6. The van der Waals surface area contributed by atoms with Crippen molar-refractivity contribution >= 4 is 65.6 Å². The van der Waals surface area contributed by atoms with Gasteiger partial charge in [0.15, 0.2) is 5.58 Å². The number of fused-ring (bicyclic) bond motifs is 9. The third-order valence-electron chi connectivity index (χ3n) is 8.39. The Balaban J connectivity index is 1.35. The second-order valence-corrected chi connectivity index (χ2v) is 10.7. The molecule has 0 radical (unpaired) electrons. The van der Waals surface area contributed by atoms with Crippen LogP contribution < -0.4 is 0 Å². The second kappa shape index (κ2) is 8.57. The highest BCUT2D eigenvalue weighted by molar-refractivity contribution is 6.17. The molecular weight excluding hydrogens is 530 g/mol. The van der Waals surface area contributed by atoms with Crippen molar-refractivity contribution in [2.75, 3.05) is 0 Å². The van der Waals surface area contributed by atoms with Crippen molar-refractivity contribution < 1.29 is 4.42 Å².